The van der Waals surface area contributed by atoms with Crippen LogP contribution in [0.25, 0.3) is 0 Å². The first-order valence-electron chi connectivity index (χ1n) is 8.08. The Morgan fingerprint density at radius 1 is 1.17 bits per heavy atom. The first-order valence-corrected chi connectivity index (χ1v) is 8.08. The van der Waals surface area contributed by atoms with Crippen LogP contribution in [0.2, 0.25) is 0 Å². The average Bonchev–Trinajstić information content (AvgIpc) is 3.47. The maximum Gasteiger partial charge on any atom is 0.319 e. The summed E-state index contributed by atoms with van der Waals surface area (Å²) >= 11 is 0. The highest BCUT2D eigenvalue weighted by atomic mass is 16.5. The lowest BCUT2D eigenvalue weighted by Gasteiger charge is -2.29. The van der Waals surface area contributed by atoms with Gasteiger partial charge >= 0.3 is 6.03 Å². The molecule has 0 saturated heterocycles. The molecule has 3 N–H and O–H groups in total. The van der Waals surface area contributed by atoms with Crippen LogP contribution in [0.1, 0.15) is 18.4 Å². The zero-order valence-electron chi connectivity index (χ0n) is 13.7. The molecule has 0 bridgehead atoms. The van der Waals surface area contributed by atoms with Crippen LogP contribution in [0.4, 0.5) is 10.5 Å². The average molecular weight is 326 g/mol. The number of ether oxygens (including phenoxy) is 1. The number of nitrogens with one attached hydrogen (secondary N) is 2. The molecule has 5 nitrogen and oxygen atoms in total. The molecular weight excluding hydrogens is 304 g/mol. The number of benzene rings is 2. The molecule has 1 fully saturated rings. The standard InChI is InChI=1S/C19H22N2O3/c1-24-17-11-9-16(10-12-17)21-18(22)20-13-19(23,15-7-8-15)14-5-3-2-4-6-14/h2-6,9-12,15,23H,7-8,13H2,1H3,(H2,20,21,22). The van der Waals surface area contributed by atoms with Gasteiger partial charge in [-0.2, -0.15) is 0 Å². The molecule has 1 aliphatic rings. The number of anilines is 1. The van der Waals surface area contributed by atoms with E-state index in [4.69, 9.17) is 4.74 Å². The Hall–Kier alpha value is -2.53. The van der Waals surface area contributed by atoms with E-state index in [0.29, 0.717) is 5.69 Å². The Balaban J connectivity index is 1.61. The lowest BCUT2D eigenvalue weighted by atomic mass is 9.89. The summed E-state index contributed by atoms with van der Waals surface area (Å²) in [5, 5.41) is 16.6. The van der Waals surface area contributed by atoms with Crippen molar-refractivity contribution in [3.8, 4) is 5.75 Å². The summed E-state index contributed by atoms with van der Waals surface area (Å²) in [4.78, 5) is 12.1. The monoisotopic (exact) mass is 326 g/mol. The number of amides is 2. The van der Waals surface area contributed by atoms with E-state index in [1.54, 1.807) is 31.4 Å². The number of carbonyl (C=O) groups is 1. The highest BCUT2D eigenvalue weighted by molar-refractivity contribution is 5.89. The largest absolute Gasteiger partial charge is 0.497 e. The Labute approximate surface area is 141 Å². The fourth-order valence-electron chi connectivity index (χ4n) is 2.83. The summed E-state index contributed by atoms with van der Waals surface area (Å²) in [6.07, 6.45) is 1.96. The second-order valence-corrected chi connectivity index (χ2v) is 6.10. The topological polar surface area (TPSA) is 70.6 Å². The van der Waals surface area contributed by atoms with Crippen LogP contribution >= 0.6 is 0 Å². The smallest absolute Gasteiger partial charge is 0.319 e. The minimum atomic E-state index is -1.02. The number of urea groups is 1. The first kappa shape index (κ1) is 16.3. The van der Waals surface area contributed by atoms with Gasteiger partial charge in [-0.3, -0.25) is 0 Å². The Bertz CT molecular complexity index is 684. The van der Waals surface area contributed by atoms with Gasteiger partial charge in [0.1, 0.15) is 11.4 Å². The Kier molecular flexibility index (Phi) is 4.71. The molecule has 0 heterocycles. The Morgan fingerprint density at radius 2 is 1.83 bits per heavy atom. The van der Waals surface area contributed by atoms with Gasteiger partial charge in [0.05, 0.1) is 13.7 Å². The second-order valence-electron chi connectivity index (χ2n) is 6.10. The van der Waals surface area contributed by atoms with Crippen molar-refractivity contribution < 1.29 is 14.6 Å². The van der Waals surface area contributed by atoms with Gasteiger partial charge in [0.25, 0.3) is 0 Å². The van der Waals surface area contributed by atoms with Gasteiger partial charge in [0, 0.05) is 5.69 Å². The molecule has 2 aromatic carbocycles. The normalized spacial score (nSPS) is 16.1. The minimum Gasteiger partial charge on any atom is -0.497 e. The van der Waals surface area contributed by atoms with E-state index >= 15 is 0 Å². The molecule has 2 aromatic rings. The zero-order valence-corrected chi connectivity index (χ0v) is 13.7. The number of carbonyl (C=O) groups excluding carboxylic acids is 1. The van der Waals surface area contributed by atoms with Crippen molar-refractivity contribution >= 4 is 11.7 Å². The van der Waals surface area contributed by atoms with E-state index in [0.717, 1.165) is 24.2 Å². The number of aliphatic hydroxyl groups is 1. The molecule has 1 unspecified atom stereocenters. The van der Waals surface area contributed by atoms with Gasteiger partial charge in [0.2, 0.25) is 0 Å². The van der Waals surface area contributed by atoms with Crippen molar-refractivity contribution in [1.29, 1.82) is 0 Å². The fraction of sp³-hybridized carbons (Fsp3) is 0.316. The molecule has 0 radical (unpaired) electrons. The van der Waals surface area contributed by atoms with Gasteiger partial charge in [0.15, 0.2) is 0 Å². The van der Waals surface area contributed by atoms with Crippen LogP contribution in [-0.2, 0) is 5.60 Å². The van der Waals surface area contributed by atoms with Gasteiger partial charge in [-0.25, -0.2) is 4.79 Å². The molecule has 1 aliphatic carbocycles. The maximum atomic E-state index is 12.1. The van der Waals surface area contributed by atoms with Crippen LogP contribution < -0.4 is 15.4 Å². The van der Waals surface area contributed by atoms with Crippen LogP contribution in [0.15, 0.2) is 54.6 Å². The van der Waals surface area contributed by atoms with E-state index in [-0.39, 0.29) is 18.5 Å². The van der Waals surface area contributed by atoms with Crippen molar-refractivity contribution in [3.05, 3.63) is 60.2 Å². The molecule has 0 aliphatic heterocycles. The van der Waals surface area contributed by atoms with Gasteiger partial charge in [-0.05, 0) is 48.6 Å². The van der Waals surface area contributed by atoms with E-state index in [9.17, 15) is 9.90 Å². The molecule has 5 heteroatoms. The number of hydrogen-bond acceptors (Lipinski definition) is 3. The van der Waals surface area contributed by atoms with Gasteiger partial charge in [-0.1, -0.05) is 30.3 Å². The molecule has 0 spiro atoms. The lowest BCUT2D eigenvalue weighted by molar-refractivity contribution is 0.0164. The third-order valence-corrected chi connectivity index (χ3v) is 4.39. The SMILES string of the molecule is COc1ccc(NC(=O)NCC(O)(c2ccccc2)C2CC2)cc1. The molecule has 3 rings (SSSR count). The van der Waals surface area contributed by atoms with Crippen LogP contribution in [0, 0.1) is 5.92 Å². The van der Waals surface area contributed by atoms with Gasteiger partial charge < -0.3 is 20.5 Å². The Morgan fingerprint density at radius 3 is 2.42 bits per heavy atom. The van der Waals surface area contributed by atoms with Crippen molar-refractivity contribution in [3.63, 3.8) is 0 Å². The van der Waals surface area contributed by atoms with Crippen molar-refractivity contribution in [2.75, 3.05) is 19.0 Å². The summed E-state index contributed by atoms with van der Waals surface area (Å²) in [6, 6.07) is 16.3. The maximum absolute atomic E-state index is 12.1. The molecule has 1 atom stereocenters. The summed E-state index contributed by atoms with van der Waals surface area (Å²) in [7, 11) is 1.59. The predicted molar refractivity (Wildman–Crippen MR) is 93.1 cm³/mol. The van der Waals surface area contributed by atoms with Crippen LogP contribution in [0.3, 0.4) is 0 Å². The minimum absolute atomic E-state index is 0.184. The first-order chi connectivity index (χ1) is 11.6. The van der Waals surface area contributed by atoms with Crippen LogP contribution in [-0.4, -0.2) is 24.8 Å². The molecule has 126 valence electrons. The van der Waals surface area contributed by atoms with Gasteiger partial charge in [-0.15, -0.1) is 0 Å². The third-order valence-electron chi connectivity index (χ3n) is 4.39. The van der Waals surface area contributed by atoms with Crippen molar-refractivity contribution in [2.24, 2.45) is 5.92 Å². The molecule has 24 heavy (non-hydrogen) atoms. The quantitative estimate of drug-likeness (QED) is 0.764. The highest BCUT2D eigenvalue weighted by Gasteiger charge is 2.45. The second kappa shape index (κ2) is 6.93. The van der Waals surface area contributed by atoms with Crippen molar-refractivity contribution in [1.82, 2.24) is 5.32 Å². The number of hydrogen-bond donors (Lipinski definition) is 3. The van der Waals surface area contributed by atoms with E-state index < -0.39 is 5.60 Å². The summed E-state index contributed by atoms with van der Waals surface area (Å²) in [5.74, 6) is 0.925. The van der Waals surface area contributed by atoms with Crippen LogP contribution in [0.5, 0.6) is 5.75 Å². The molecular formula is C19H22N2O3. The van der Waals surface area contributed by atoms with E-state index in [1.807, 2.05) is 30.3 Å². The molecule has 1 saturated carbocycles. The molecule has 0 aromatic heterocycles. The predicted octanol–water partition coefficient (Wildman–Crippen LogP) is 3.11. The summed E-state index contributed by atoms with van der Waals surface area (Å²) in [6.45, 7) is 0.184. The number of rotatable bonds is 6. The lowest BCUT2D eigenvalue weighted by Crippen LogP contribution is -2.43. The molecule has 2 amide bonds. The van der Waals surface area contributed by atoms with E-state index in [2.05, 4.69) is 10.6 Å². The summed E-state index contributed by atoms with van der Waals surface area (Å²) in [5.41, 5.74) is 0.499. The van der Waals surface area contributed by atoms with E-state index in [1.165, 1.54) is 0 Å². The number of methoxy groups -OCH3 is 1. The summed E-state index contributed by atoms with van der Waals surface area (Å²) < 4.78 is 5.09. The third kappa shape index (κ3) is 3.68. The van der Waals surface area contributed by atoms with Crippen molar-refractivity contribution in [2.45, 2.75) is 18.4 Å². The fourth-order valence-corrected chi connectivity index (χ4v) is 2.83. The highest BCUT2D eigenvalue weighted by Crippen LogP contribution is 2.45. The zero-order chi connectivity index (χ0) is 17.0.